The molecule has 0 atom stereocenters. The molecule has 0 N–H and O–H groups in total. The standard InChI is InChI=1S/C7H8BF3NO/c1-6-2-3-7(4-12-6)13-5-8(9,10)11/h2-4H,5H2,1H3/q-1. The Morgan fingerprint density at radius 2 is 2.08 bits per heavy atom. The van der Waals surface area contributed by atoms with Crippen LogP contribution < -0.4 is 4.74 Å². The maximum atomic E-state index is 11.7. The van der Waals surface area contributed by atoms with Crippen molar-refractivity contribution in [2.75, 3.05) is 6.51 Å². The summed E-state index contributed by atoms with van der Waals surface area (Å²) in [5.41, 5.74) is 0.741. The average molecular weight is 190 g/mol. The first-order valence-corrected chi connectivity index (χ1v) is 3.74. The molecule has 0 fully saturated rings. The van der Waals surface area contributed by atoms with Gasteiger partial charge in [0.15, 0.2) is 0 Å². The van der Waals surface area contributed by atoms with Crippen molar-refractivity contribution in [3.8, 4) is 5.75 Å². The molecule has 1 heterocycles. The number of nitrogens with zero attached hydrogens (tertiary/aromatic N) is 1. The number of hydrogen-bond acceptors (Lipinski definition) is 2. The van der Waals surface area contributed by atoms with Crippen molar-refractivity contribution in [3.63, 3.8) is 0 Å². The van der Waals surface area contributed by atoms with E-state index in [1.165, 1.54) is 12.3 Å². The summed E-state index contributed by atoms with van der Waals surface area (Å²) in [7, 11) is 0. The van der Waals surface area contributed by atoms with Crippen molar-refractivity contribution in [2.45, 2.75) is 6.92 Å². The van der Waals surface area contributed by atoms with Crippen LogP contribution in [0.5, 0.6) is 5.75 Å². The smallest absolute Gasteiger partial charge is 0.515 e. The summed E-state index contributed by atoms with van der Waals surface area (Å²) in [6.45, 7) is -4.36. The summed E-state index contributed by atoms with van der Waals surface area (Å²) in [5, 5.41) is 0. The van der Waals surface area contributed by atoms with Crippen LogP contribution in [0, 0.1) is 6.92 Å². The van der Waals surface area contributed by atoms with Gasteiger partial charge in [0.1, 0.15) is 5.75 Å². The number of halogens is 3. The molecule has 0 saturated heterocycles. The van der Waals surface area contributed by atoms with Gasteiger partial charge >= 0.3 is 6.98 Å². The minimum Gasteiger partial charge on any atom is -0.520 e. The molecule has 72 valence electrons. The molecule has 0 saturated carbocycles. The Morgan fingerprint density at radius 3 is 2.54 bits per heavy atom. The van der Waals surface area contributed by atoms with Crippen LogP contribution >= 0.6 is 0 Å². The van der Waals surface area contributed by atoms with Crippen molar-refractivity contribution in [1.82, 2.24) is 4.98 Å². The van der Waals surface area contributed by atoms with Gasteiger partial charge in [0.05, 0.1) is 12.7 Å². The number of ether oxygens (including phenoxy) is 1. The highest BCUT2D eigenvalue weighted by atomic mass is 19.4. The monoisotopic (exact) mass is 190 g/mol. The Labute approximate surface area is 73.8 Å². The highest BCUT2D eigenvalue weighted by Gasteiger charge is 2.24. The molecule has 0 radical (unpaired) electrons. The Morgan fingerprint density at radius 1 is 1.38 bits per heavy atom. The van der Waals surface area contributed by atoms with Gasteiger partial charge in [0.2, 0.25) is 0 Å². The third kappa shape index (κ3) is 3.82. The third-order valence-electron chi connectivity index (χ3n) is 1.32. The highest BCUT2D eigenvalue weighted by molar-refractivity contribution is 6.58. The van der Waals surface area contributed by atoms with Crippen LogP contribution in [-0.2, 0) is 0 Å². The zero-order valence-electron chi connectivity index (χ0n) is 7.01. The second-order valence-corrected chi connectivity index (χ2v) is 2.66. The zero-order chi connectivity index (χ0) is 9.90. The summed E-state index contributed by atoms with van der Waals surface area (Å²) in [5.74, 6) is 0.143. The number of rotatable bonds is 3. The molecule has 0 spiro atoms. The predicted molar refractivity (Wildman–Crippen MR) is 43.5 cm³/mol. The largest absolute Gasteiger partial charge is 0.520 e. The van der Waals surface area contributed by atoms with Crippen LogP contribution in [0.15, 0.2) is 18.3 Å². The first-order valence-electron chi connectivity index (χ1n) is 3.74. The van der Waals surface area contributed by atoms with Crippen molar-refractivity contribution in [1.29, 1.82) is 0 Å². The van der Waals surface area contributed by atoms with Crippen LogP contribution in [0.4, 0.5) is 12.9 Å². The number of aryl methyl sites for hydroxylation is 1. The van der Waals surface area contributed by atoms with E-state index in [1.807, 2.05) is 0 Å². The quantitative estimate of drug-likeness (QED) is 0.681. The van der Waals surface area contributed by atoms with Crippen LogP contribution in [0.3, 0.4) is 0 Å². The highest BCUT2D eigenvalue weighted by Crippen LogP contribution is 2.13. The van der Waals surface area contributed by atoms with Gasteiger partial charge in [-0.05, 0) is 19.1 Å². The van der Waals surface area contributed by atoms with E-state index in [-0.39, 0.29) is 5.75 Å². The summed E-state index contributed by atoms with van der Waals surface area (Å²) >= 11 is 0. The SMILES string of the molecule is Cc1ccc(OC[B-](F)(F)F)cn1. The van der Waals surface area contributed by atoms with E-state index in [0.29, 0.717) is 0 Å². The van der Waals surface area contributed by atoms with Gasteiger partial charge in [-0.25, -0.2) is 0 Å². The fourth-order valence-electron chi connectivity index (χ4n) is 0.730. The van der Waals surface area contributed by atoms with Gasteiger partial charge < -0.3 is 17.7 Å². The lowest BCUT2D eigenvalue weighted by molar-refractivity contribution is 0.312. The molecule has 2 nitrogen and oxygen atoms in total. The summed E-state index contributed by atoms with van der Waals surface area (Å²) in [6.07, 6.45) is 1.27. The Bertz CT molecular complexity index is 272. The van der Waals surface area contributed by atoms with E-state index in [4.69, 9.17) is 0 Å². The Balaban J connectivity index is 2.51. The van der Waals surface area contributed by atoms with E-state index in [2.05, 4.69) is 9.72 Å². The Kier molecular flexibility index (Phi) is 2.80. The van der Waals surface area contributed by atoms with E-state index >= 15 is 0 Å². The predicted octanol–water partition coefficient (Wildman–Crippen LogP) is 2.16. The van der Waals surface area contributed by atoms with Crippen LogP contribution in [0.1, 0.15) is 5.69 Å². The van der Waals surface area contributed by atoms with E-state index < -0.39 is 13.5 Å². The van der Waals surface area contributed by atoms with Crippen molar-refractivity contribution in [3.05, 3.63) is 24.0 Å². The third-order valence-corrected chi connectivity index (χ3v) is 1.32. The molecule has 1 rings (SSSR count). The normalized spacial score (nSPS) is 11.4. The summed E-state index contributed by atoms with van der Waals surface area (Å²) in [4.78, 5) is 3.79. The van der Waals surface area contributed by atoms with Gasteiger partial charge in [0, 0.05) is 5.69 Å². The molecule has 1 aromatic heterocycles. The molecule has 0 amide bonds. The second-order valence-electron chi connectivity index (χ2n) is 2.66. The summed E-state index contributed by atoms with van der Waals surface area (Å²) in [6, 6.07) is 3.06. The molecule has 0 unspecified atom stereocenters. The molecule has 0 aromatic carbocycles. The van der Waals surface area contributed by atoms with Crippen LogP contribution in [0.2, 0.25) is 0 Å². The summed E-state index contributed by atoms with van der Waals surface area (Å²) < 4.78 is 39.7. The van der Waals surface area contributed by atoms with Crippen LogP contribution in [0.25, 0.3) is 0 Å². The van der Waals surface area contributed by atoms with Gasteiger partial charge in [0.25, 0.3) is 0 Å². The molecular formula is C7H8BF3NO-. The molecule has 0 bridgehead atoms. The lowest BCUT2D eigenvalue weighted by atomic mass is 9.95. The number of hydrogen-bond donors (Lipinski definition) is 0. The zero-order valence-corrected chi connectivity index (χ0v) is 7.01. The van der Waals surface area contributed by atoms with E-state index in [1.54, 1.807) is 13.0 Å². The maximum Gasteiger partial charge on any atom is 0.515 e. The number of pyridine rings is 1. The molecular weight excluding hydrogens is 182 g/mol. The van der Waals surface area contributed by atoms with Gasteiger partial charge in [-0.15, -0.1) is 0 Å². The van der Waals surface area contributed by atoms with Crippen molar-refractivity contribution in [2.24, 2.45) is 0 Å². The topological polar surface area (TPSA) is 22.1 Å². The minimum absolute atomic E-state index is 0.143. The fraction of sp³-hybridized carbons (Fsp3) is 0.286. The second kappa shape index (κ2) is 3.68. The molecule has 6 heteroatoms. The molecule has 0 aliphatic heterocycles. The number of aromatic nitrogens is 1. The molecule has 1 aromatic rings. The van der Waals surface area contributed by atoms with Gasteiger partial charge in [-0.1, -0.05) is 0 Å². The van der Waals surface area contributed by atoms with Crippen LogP contribution in [-0.4, -0.2) is 18.5 Å². The molecule has 13 heavy (non-hydrogen) atoms. The lowest BCUT2D eigenvalue weighted by Gasteiger charge is -2.14. The maximum absolute atomic E-state index is 11.7. The molecule has 0 aliphatic carbocycles. The van der Waals surface area contributed by atoms with Gasteiger partial charge in [-0.2, -0.15) is 0 Å². The molecule has 0 aliphatic rings. The minimum atomic E-state index is -4.89. The van der Waals surface area contributed by atoms with E-state index in [9.17, 15) is 12.9 Å². The van der Waals surface area contributed by atoms with Crippen molar-refractivity contribution < 1.29 is 17.7 Å². The first kappa shape index (κ1) is 9.89. The Hall–Kier alpha value is -1.20. The van der Waals surface area contributed by atoms with E-state index in [0.717, 1.165) is 5.69 Å². The first-order chi connectivity index (χ1) is 5.97. The van der Waals surface area contributed by atoms with Crippen molar-refractivity contribution >= 4 is 6.98 Å². The van der Waals surface area contributed by atoms with Gasteiger partial charge in [-0.3, -0.25) is 4.98 Å². The average Bonchev–Trinajstić information content (AvgIpc) is 2.02. The lowest BCUT2D eigenvalue weighted by Crippen LogP contribution is -2.26. The fourth-order valence-corrected chi connectivity index (χ4v) is 0.730.